The predicted molar refractivity (Wildman–Crippen MR) is 153 cm³/mol. The lowest BCUT2D eigenvalue weighted by molar-refractivity contribution is -0.147. The minimum absolute atomic E-state index is 0.0844. The first-order chi connectivity index (χ1) is 19.5. The van der Waals surface area contributed by atoms with E-state index in [2.05, 4.69) is 10.3 Å². The van der Waals surface area contributed by atoms with E-state index in [0.717, 1.165) is 28.2 Å². The number of carbonyl (C=O) groups is 3. The van der Waals surface area contributed by atoms with Crippen molar-refractivity contribution in [3.05, 3.63) is 89.4 Å². The molecule has 2 aromatic carbocycles. The van der Waals surface area contributed by atoms with Crippen LogP contribution in [0.4, 0.5) is 5.69 Å². The van der Waals surface area contributed by atoms with Gasteiger partial charge in [0.05, 0.1) is 37.1 Å². The Morgan fingerprint density at radius 3 is 2.65 bits per heavy atom. The summed E-state index contributed by atoms with van der Waals surface area (Å²) >= 11 is 1.15. The number of aliphatic imine (C=N–C) groups is 1. The number of Topliss-reactive ketones (excluding diaryl/α,β-unsaturated/α-hetero) is 1. The number of para-hydroxylation sites is 1. The van der Waals surface area contributed by atoms with Gasteiger partial charge in [-0.25, -0.2) is 4.99 Å². The van der Waals surface area contributed by atoms with Crippen molar-refractivity contribution in [1.82, 2.24) is 9.88 Å². The zero-order chi connectivity index (χ0) is 28.1. The van der Waals surface area contributed by atoms with Crippen LogP contribution in [0.15, 0.2) is 87.4 Å². The molecule has 2 aromatic heterocycles. The number of benzene rings is 2. The number of nitrogens with one attached hydrogen (secondary N) is 1. The molecule has 9 nitrogen and oxygen atoms in total. The summed E-state index contributed by atoms with van der Waals surface area (Å²) in [6.45, 7) is 2.22. The number of hydrogen-bond acceptors (Lipinski definition) is 8. The van der Waals surface area contributed by atoms with Crippen LogP contribution in [0.5, 0.6) is 5.75 Å². The number of hydrogen-bond donors (Lipinski definition) is 1. The minimum Gasteiger partial charge on any atom is -0.497 e. The first-order valence-corrected chi connectivity index (χ1v) is 13.5. The van der Waals surface area contributed by atoms with Gasteiger partial charge in [-0.3, -0.25) is 14.4 Å². The molecular weight excluding hydrogens is 530 g/mol. The molecule has 1 atom stereocenters. The van der Waals surface area contributed by atoms with Gasteiger partial charge in [-0.15, -0.1) is 0 Å². The monoisotopic (exact) mass is 557 g/mol. The lowest BCUT2D eigenvalue weighted by Gasteiger charge is -2.08. The standard InChI is InChI=1S/C30H27N3O6S/c1-3-38-30(36)27-28(35)25(40-29(27)32-20-10-12-21(37-2)13-11-20)15-19-17-33(24-9-5-4-8-23(19)24)18-26(34)31-16-22-7-6-14-39-22/h4-15,17,27H,3,16,18H2,1-2H3,(H,31,34)/b25-15-,32-29?. The molecule has 1 aliphatic heterocycles. The number of carbonyl (C=O) groups excluding carboxylic acids is 3. The third kappa shape index (κ3) is 5.86. The fourth-order valence-electron chi connectivity index (χ4n) is 4.35. The van der Waals surface area contributed by atoms with Crippen LogP contribution < -0.4 is 10.1 Å². The number of amides is 1. The van der Waals surface area contributed by atoms with E-state index < -0.39 is 11.9 Å². The number of ketones is 1. The molecular formula is C30H27N3O6S. The van der Waals surface area contributed by atoms with Gasteiger partial charge in [-0.2, -0.15) is 0 Å². The van der Waals surface area contributed by atoms with Crippen LogP contribution >= 0.6 is 11.8 Å². The molecule has 0 bridgehead atoms. The number of allylic oxidation sites excluding steroid dienone is 1. The quantitative estimate of drug-likeness (QED) is 0.173. The summed E-state index contributed by atoms with van der Waals surface area (Å²) in [6.07, 6.45) is 5.13. The lowest BCUT2D eigenvalue weighted by Crippen LogP contribution is -2.27. The summed E-state index contributed by atoms with van der Waals surface area (Å²) in [5.41, 5.74) is 2.18. The number of esters is 1. The molecule has 1 amide bonds. The van der Waals surface area contributed by atoms with E-state index in [0.29, 0.717) is 33.7 Å². The number of aromatic nitrogens is 1. The van der Waals surface area contributed by atoms with E-state index in [9.17, 15) is 14.4 Å². The molecule has 1 saturated heterocycles. The number of furan rings is 1. The Morgan fingerprint density at radius 1 is 1.12 bits per heavy atom. The molecule has 1 N–H and O–H groups in total. The summed E-state index contributed by atoms with van der Waals surface area (Å²) < 4.78 is 17.5. The van der Waals surface area contributed by atoms with Gasteiger partial charge < -0.3 is 23.8 Å². The molecule has 0 saturated carbocycles. The third-order valence-corrected chi connectivity index (χ3v) is 7.34. The Bertz CT molecular complexity index is 1600. The Hall–Kier alpha value is -4.57. The molecule has 40 heavy (non-hydrogen) atoms. The van der Waals surface area contributed by atoms with E-state index in [1.807, 2.05) is 35.0 Å². The van der Waals surface area contributed by atoms with E-state index in [4.69, 9.17) is 13.9 Å². The normalized spacial score (nSPS) is 17.1. The highest BCUT2D eigenvalue weighted by molar-refractivity contribution is 8.19. The van der Waals surface area contributed by atoms with Crippen LogP contribution in [0.25, 0.3) is 17.0 Å². The largest absolute Gasteiger partial charge is 0.497 e. The summed E-state index contributed by atoms with van der Waals surface area (Å²) in [5.74, 6) is -0.989. The van der Waals surface area contributed by atoms with Gasteiger partial charge >= 0.3 is 5.97 Å². The third-order valence-electron chi connectivity index (χ3n) is 6.26. The van der Waals surface area contributed by atoms with Gasteiger partial charge in [0.1, 0.15) is 23.1 Å². The minimum atomic E-state index is -1.14. The first kappa shape index (κ1) is 27.0. The van der Waals surface area contributed by atoms with Crippen molar-refractivity contribution in [2.45, 2.75) is 20.0 Å². The van der Waals surface area contributed by atoms with Crippen molar-refractivity contribution in [2.75, 3.05) is 13.7 Å². The van der Waals surface area contributed by atoms with Crippen LogP contribution in [-0.2, 0) is 32.2 Å². The fraction of sp³-hybridized carbons (Fsp3) is 0.200. The summed E-state index contributed by atoms with van der Waals surface area (Å²) in [5, 5.41) is 4.07. The van der Waals surface area contributed by atoms with E-state index in [1.165, 1.54) is 0 Å². The molecule has 1 unspecified atom stereocenters. The van der Waals surface area contributed by atoms with E-state index in [1.54, 1.807) is 62.8 Å². The Kier molecular flexibility index (Phi) is 8.16. The fourth-order valence-corrected chi connectivity index (χ4v) is 5.46. The lowest BCUT2D eigenvalue weighted by atomic mass is 10.0. The predicted octanol–water partition coefficient (Wildman–Crippen LogP) is 5.13. The van der Waals surface area contributed by atoms with Gasteiger partial charge in [0, 0.05) is 22.7 Å². The second-order valence-corrected chi connectivity index (χ2v) is 9.96. The number of ether oxygens (including phenoxy) is 2. The Morgan fingerprint density at radius 2 is 1.93 bits per heavy atom. The highest BCUT2D eigenvalue weighted by atomic mass is 32.2. The maximum atomic E-state index is 13.5. The highest BCUT2D eigenvalue weighted by Crippen LogP contribution is 2.39. The van der Waals surface area contributed by atoms with Crippen molar-refractivity contribution < 1.29 is 28.3 Å². The topological polar surface area (TPSA) is 112 Å². The summed E-state index contributed by atoms with van der Waals surface area (Å²) in [6, 6.07) is 18.2. The van der Waals surface area contributed by atoms with Crippen molar-refractivity contribution in [1.29, 1.82) is 0 Å². The summed E-state index contributed by atoms with van der Waals surface area (Å²) in [4.78, 5) is 43.9. The van der Waals surface area contributed by atoms with Gasteiger partial charge in [-0.1, -0.05) is 30.0 Å². The van der Waals surface area contributed by atoms with E-state index in [-0.39, 0.29) is 24.8 Å². The maximum Gasteiger partial charge on any atom is 0.323 e. The SMILES string of the molecule is CCOC(=O)C1C(=O)/C(=C/c2cn(CC(=O)NCc3ccco3)c3ccccc23)SC1=Nc1ccc(OC)cc1. The average molecular weight is 558 g/mol. The molecule has 0 spiro atoms. The second-order valence-electron chi connectivity index (χ2n) is 8.89. The first-order valence-electron chi connectivity index (χ1n) is 12.7. The molecule has 1 aliphatic rings. The number of fused-ring (bicyclic) bond motifs is 1. The number of rotatable bonds is 9. The highest BCUT2D eigenvalue weighted by Gasteiger charge is 2.43. The number of nitrogens with zero attached hydrogens (tertiary/aromatic N) is 2. The van der Waals surface area contributed by atoms with Crippen LogP contribution in [0.2, 0.25) is 0 Å². The zero-order valence-corrected chi connectivity index (χ0v) is 22.8. The van der Waals surface area contributed by atoms with Crippen molar-refractivity contribution >= 4 is 57.1 Å². The zero-order valence-electron chi connectivity index (χ0n) is 22.0. The number of thioether (sulfide) groups is 1. The second kappa shape index (κ2) is 12.1. The molecule has 5 rings (SSSR count). The molecule has 4 aromatic rings. The van der Waals surface area contributed by atoms with Crippen LogP contribution in [0.3, 0.4) is 0 Å². The van der Waals surface area contributed by atoms with Gasteiger partial charge in [0.2, 0.25) is 5.91 Å². The molecule has 1 fully saturated rings. The van der Waals surface area contributed by atoms with Gasteiger partial charge in [0.25, 0.3) is 0 Å². The molecule has 204 valence electrons. The summed E-state index contributed by atoms with van der Waals surface area (Å²) in [7, 11) is 1.57. The smallest absolute Gasteiger partial charge is 0.323 e. The maximum absolute atomic E-state index is 13.5. The Labute approximate surface area is 234 Å². The average Bonchev–Trinajstić information content (AvgIpc) is 3.67. The van der Waals surface area contributed by atoms with E-state index >= 15 is 0 Å². The van der Waals surface area contributed by atoms with Crippen molar-refractivity contribution in [2.24, 2.45) is 10.9 Å². The van der Waals surface area contributed by atoms with Crippen LogP contribution in [0.1, 0.15) is 18.2 Å². The van der Waals surface area contributed by atoms with Crippen molar-refractivity contribution in [3.8, 4) is 5.75 Å². The van der Waals surface area contributed by atoms with Crippen LogP contribution in [-0.4, -0.2) is 41.0 Å². The molecule has 10 heteroatoms. The van der Waals surface area contributed by atoms with Crippen molar-refractivity contribution in [3.63, 3.8) is 0 Å². The number of methoxy groups -OCH3 is 1. The van der Waals surface area contributed by atoms with Gasteiger partial charge in [-0.05, 0) is 55.5 Å². The van der Waals surface area contributed by atoms with Gasteiger partial charge in [0.15, 0.2) is 11.7 Å². The Balaban J connectivity index is 1.44. The molecule has 3 heterocycles. The molecule has 0 aliphatic carbocycles. The van der Waals surface area contributed by atoms with Crippen LogP contribution in [0, 0.1) is 5.92 Å². The molecule has 0 radical (unpaired) electrons.